The largest absolute Gasteiger partial charge is 0.467 e. The first-order valence-electron chi connectivity index (χ1n) is 8.14. The van der Waals surface area contributed by atoms with E-state index in [4.69, 9.17) is 4.42 Å². The van der Waals surface area contributed by atoms with E-state index >= 15 is 0 Å². The molecule has 3 N–H and O–H groups in total. The maximum absolute atomic E-state index is 12.1. The molecule has 1 aromatic heterocycles. The van der Waals surface area contributed by atoms with Crippen LogP contribution in [0.15, 0.2) is 27.8 Å². The number of hydrogen-bond acceptors (Lipinski definition) is 4. The molecule has 8 nitrogen and oxygen atoms in total. The van der Waals surface area contributed by atoms with Crippen LogP contribution in [0.2, 0.25) is 0 Å². The number of amides is 3. The lowest BCUT2D eigenvalue weighted by Gasteiger charge is -2.39. The van der Waals surface area contributed by atoms with Crippen molar-refractivity contribution >= 4 is 41.9 Å². The van der Waals surface area contributed by atoms with Gasteiger partial charge >= 0.3 is 6.03 Å². The number of guanidine groups is 1. The molecule has 3 heterocycles. The lowest BCUT2D eigenvalue weighted by Crippen LogP contribution is -2.55. The van der Waals surface area contributed by atoms with Crippen molar-refractivity contribution in [2.45, 2.75) is 31.8 Å². The van der Waals surface area contributed by atoms with Crippen LogP contribution in [0.1, 0.15) is 25.5 Å². The molecule has 2 saturated heterocycles. The number of nitrogens with zero attached hydrogens (tertiary/aromatic N) is 2. The second-order valence-corrected chi connectivity index (χ2v) is 6.35. The van der Waals surface area contributed by atoms with Gasteiger partial charge in [-0.05, 0) is 37.8 Å². The van der Waals surface area contributed by atoms with Crippen LogP contribution >= 0.6 is 24.0 Å². The van der Waals surface area contributed by atoms with Crippen LogP contribution < -0.4 is 16.0 Å². The van der Waals surface area contributed by atoms with Crippen molar-refractivity contribution in [2.75, 3.05) is 20.1 Å². The SMILES string of the molecule is CN=C(NCc1ccco1)N1CCC(C2(C)NC(=O)NC2=O)CC1.I. The number of hydrogen-bond donors (Lipinski definition) is 3. The van der Waals surface area contributed by atoms with Gasteiger partial charge in [-0.1, -0.05) is 0 Å². The number of piperidine rings is 1. The van der Waals surface area contributed by atoms with E-state index in [0.29, 0.717) is 6.54 Å². The predicted molar refractivity (Wildman–Crippen MR) is 104 cm³/mol. The maximum atomic E-state index is 12.1. The third kappa shape index (κ3) is 4.07. The quantitative estimate of drug-likeness (QED) is 0.273. The van der Waals surface area contributed by atoms with Crippen LogP contribution in [0.5, 0.6) is 0 Å². The summed E-state index contributed by atoms with van der Waals surface area (Å²) in [6, 6.07) is 3.36. The zero-order valence-electron chi connectivity index (χ0n) is 14.4. The van der Waals surface area contributed by atoms with E-state index in [-0.39, 0.29) is 35.8 Å². The van der Waals surface area contributed by atoms with Gasteiger partial charge < -0.3 is 20.0 Å². The monoisotopic (exact) mass is 461 g/mol. The van der Waals surface area contributed by atoms with Crippen molar-refractivity contribution in [2.24, 2.45) is 10.9 Å². The summed E-state index contributed by atoms with van der Waals surface area (Å²) in [6.45, 7) is 3.94. The summed E-state index contributed by atoms with van der Waals surface area (Å²) in [5, 5.41) is 8.40. The molecule has 0 aromatic carbocycles. The molecule has 0 bridgehead atoms. The normalized spacial score (nSPS) is 24.6. The Bertz CT molecular complexity index is 640. The third-order valence-corrected chi connectivity index (χ3v) is 4.90. The average molecular weight is 461 g/mol. The molecule has 3 amide bonds. The number of furan rings is 1. The summed E-state index contributed by atoms with van der Waals surface area (Å²) >= 11 is 0. The Kier molecular flexibility index (Phi) is 6.31. The Hall–Kier alpha value is -1.78. The van der Waals surface area contributed by atoms with E-state index in [1.54, 1.807) is 20.2 Å². The van der Waals surface area contributed by atoms with Crippen molar-refractivity contribution in [3.63, 3.8) is 0 Å². The fourth-order valence-electron chi connectivity index (χ4n) is 3.42. The summed E-state index contributed by atoms with van der Waals surface area (Å²) in [6.07, 6.45) is 3.27. The van der Waals surface area contributed by atoms with Crippen LogP contribution in [0, 0.1) is 5.92 Å². The highest BCUT2D eigenvalue weighted by molar-refractivity contribution is 14.0. The zero-order chi connectivity index (χ0) is 17.2. The van der Waals surface area contributed by atoms with E-state index in [0.717, 1.165) is 37.7 Å². The highest BCUT2D eigenvalue weighted by Gasteiger charge is 2.48. The molecule has 2 aliphatic heterocycles. The number of imide groups is 1. The molecule has 0 saturated carbocycles. The summed E-state index contributed by atoms with van der Waals surface area (Å²) < 4.78 is 5.31. The fraction of sp³-hybridized carbons (Fsp3) is 0.562. The second-order valence-electron chi connectivity index (χ2n) is 6.35. The van der Waals surface area contributed by atoms with Gasteiger partial charge in [0.15, 0.2) is 5.96 Å². The van der Waals surface area contributed by atoms with Crippen LogP contribution in [0.3, 0.4) is 0 Å². The Labute approximate surface area is 163 Å². The average Bonchev–Trinajstić information content (AvgIpc) is 3.17. The lowest BCUT2D eigenvalue weighted by atomic mass is 9.79. The molecule has 0 radical (unpaired) electrons. The van der Waals surface area contributed by atoms with Gasteiger partial charge in [-0.15, -0.1) is 24.0 Å². The van der Waals surface area contributed by atoms with E-state index in [1.165, 1.54) is 0 Å². The molecule has 25 heavy (non-hydrogen) atoms. The second kappa shape index (κ2) is 8.07. The molecular formula is C16H24IN5O3. The van der Waals surface area contributed by atoms with Gasteiger partial charge in [0.05, 0.1) is 12.8 Å². The van der Waals surface area contributed by atoms with Gasteiger partial charge in [0.1, 0.15) is 11.3 Å². The van der Waals surface area contributed by atoms with Crippen molar-refractivity contribution in [1.82, 2.24) is 20.9 Å². The summed E-state index contributed by atoms with van der Waals surface area (Å²) in [7, 11) is 1.75. The van der Waals surface area contributed by atoms with Crippen molar-refractivity contribution in [3.8, 4) is 0 Å². The molecule has 1 atom stereocenters. The molecule has 1 unspecified atom stereocenters. The Morgan fingerprint density at radius 1 is 1.44 bits per heavy atom. The number of rotatable bonds is 3. The molecule has 2 fully saturated rings. The Balaban J connectivity index is 0.00000225. The van der Waals surface area contributed by atoms with E-state index in [1.807, 2.05) is 12.1 Å². The number of carbonyl (C=O) groups excluding carboxylic acids is 2. The first kappa shape index (κ1) is 19.5. The minimum absolute atomic E-state index is 0. The van der Waals surface area contributed by atoms with Gasteiger partial charge in [0.25, 0.3) is 5.91 Å². The number of likely N-dealkylation sites (tertiary alicyclic amines) is 1. The van der Waals surface area contributed by atoms with E-state index in [9.17, 15) is 9.59 Å². The number of aliphatic imine (C=N–C) groups is 1. The van der Waals surface area contributed by atoms with Gasteiger partial charge in [-0.25, -0.2) is 4.79 Å². The third-order valence-electron chi connectivity index (χ3n) is 4.90. The van der Waals surface area contributed by atoms with Crippen LogP contribution in [-0.4, -0.2) is 48.5 Å². The first-order valence-corrected chi connectivity index (χ1v) is 8.14. The van der Waals surface area contributed by atoms with Crippen molar-refractivity contribution in [3.05, 3.63) is 24.2 Å². The van der Waals surface area contributed by atoms with Crippen molar-refractivity contribution < 1.29 is 14.0 Å². The summed E-state index contributed by atoms with van der Waals surface area (Å²) in [4.78, 5) is 30.0. The first-order chi connectivity index (χ1) is 11.5. The highest BCUT2D eigenvalue weighted by atomic mass is 127. The lowest BCUT2D eigenvalue weighted by molar-refractivity contribution is -0.125. The van der Waals surface area contributed by atoms with Gasteiger partial charge in [-0.3, -0.25) is 15.1 Å². The molecular weight excluding hydrogens is 437 g/mol. The van der Waals surface area contributed by atoms with Gasteiger partial charge in [0.2, 0.25) is 0 Å². The van der Waals surface area contributed by atoms with E-state index in [2.05, 4.69) is 25.8 Å². The molecule has 138 valence electrons. The Morgan fingerprint density at radius 2 is 2.16 bits per heavy atom. The Morgan fingerprint density at radius 3 is 2.68 bits per heavy atom. The maximum Gasteiger partial charge on any atom is 0.322 e. The minimum atomic E-state index is -0.811. The molecule has 0 spiro atoms. The van der Waals surface area contributed by atoms with Crippen LogP contribution in [0.25, 0.3) is 0 Å². The standard InChI is InChI=1S/C16H23N5O3.HI/c1-16(13(22)19-15(23)20-16)11-5-7-21(8-6-11)14(17-2)18-10-12-4-3-9-24-12;/h3-4,9,11H,5-8,10H2,1-2H3,(H,17,18)(H2,19,20,22,23);1H. The predicted octanol–water partition coefficient (Wildman–Crippen LogP) is 1.28. The van der Waals surface area contributed by atoms with Crippen molar-refractivity contribution in [1.29, 1.82) is 0 Å². The number of urea groups is 1. The van der Waals surface area contributed by atoms with Crippen LogP contribution in [-0.2, 0) is 11.3 Å². The highest BCUT2D eigenvalue weighted by Crippen LogP contribution is 2.30. The van der Waals surface area contributed by atoms with Crippen LogP contribution in [0.4, 0.5) is 4.79 Å². The van der Waals surface area contributed by atoms with Gasteiger partial charge in [-0.2, -0.15) is 0 Å². The summed E-state index contributed by atoms with van der Waals surface area (Å²) in [5.41, 5.74) is -0.811. The molecule has 3 rings (SSSR count). The van der Waals surface area contributed by atoms with E-state index < -0.39 is 11.6 Å². The minimum Gasteiger partial charge on any atom is -0.467 e. The number of halogens is 1. The summed E-state index contributed by atoms with van der Waals surface area (Å²) in [5.74, 6) is 1.55. The smallest absolute Gasteiger partial charge is 0.322 e. The molecule has 2 aliphatic rings. The topological polar surface area (TPSA) is 99.0 Å². The molecule has 1 aromatic rings. The number of carbonyl (C=O) groups is 2. The molecule has 9 heteroatoms. The fourth-order valence-corrected chi connectivity index (χ4v) is 3.42. The zero-order valence-corrected chi connectivity index (χ0v) is 16.7. The van der Waals surface area contributed by atoms with Gasteiger partial charge in [0, 0.05) is 20.1 Å². The number of nitrogens with one attached hydrogen (secondary N) is 3. The molecule has 0 aliphatic carbocycles.